The maximum atomic E-state index is 11.9. The number of carbonyl (C=O) groups excluding carboxylic acids is 1. The second kappa shape index (κ2) is 7.10. The Balaban J connectivity index is 1.75. The van der Waals surface area contributed by atoms with Crippen LogP contribution in [0.1, 0.15) is 45.4 Å². The molecule has 2 aliphatic rings. The lowest BCUT2D eigenvalue weighted by Crippen LogP contribution is -2.40. The molecule has 0 aromatic rings. The van der Waals surface area contributed by atoms with Gasteiger partial charge >= 0.3 is 5.97 Å². The number of ether oxygens (including phenoxy) is 2. The molecule has 1 saturated heterocycles. The lowest BCUT2D eigenvalue weighted by atomic mass is 9.85. The van der Waals surface area contributed by atoms with Gasteiger partial charge in [-0.2, -0.15) is 0 Å². The molecular weight excluding hydrogens is 230 g/mol. The first kappa shape index (κ1) is 13.8. The maximum absolute atomic E-state index is 11.9. The van der Waals surface area contributed by atoms with Gasteiger partial charge in [0.2, 0.25) is 0 Å². The summed E-state index contributed by atoms with van der Waals surface area (Å²) < 4.78 is 11.2. The second-order valence-corrected chi connectivity index (χ2v) is 5.38. The highest BCUT2D eigenvalue weighted by Gasteiger charge is 2.28. The molecule has 0 bridgehead atoms. The summed E-state index contributed by atoms with van der Waals surface area (Å²) in [4.78, 5) is 11.9. The third-order valence-electron chi connectivity index (χ3n) is 4.05. The van der Waals surface area contributed by atoms with E-state index in [0.717, 1.165) is 25.9 Å². The molecule has 0 radical (unpaired) electrons. The van der Waals surface area contributed by atoms with Crippen LogP contribution >= 0.6 is 0 Å². The van der Waals surface area contributed by atoms with E-state index < -0.39 is 0 Å². The zero-order valence-electron chi connectivity index (χ0n) is 11.3. The van der Waals surface area contributed by atoms with Gasteiger partial charge in [-0.3, -0.25) is 4.79 Å². The molecule has 1 saturated carbocycles. The minimum Gasteiger partial charge on any atom is -0.462 e. The summed E-state index contributed by atoms with van der Waals surface area (Å²) in [7, 11) is 0. The predicted octanol–water partition coefficient (Wildman–Crippen LogP) is 1.88. The van der Waals surface area contributed by atoms with Crippen molar-refractivity contribution in [1.29, 1.82) is 0 Å². The van der Waals surface area contributed by atoms with E-state index in [1.54, 1.807) is 0 Å². The lowest BCUT2D eigenvalue weighted by Gasteiger charge is -2.31. The van der Waals surface area contributed by atoms with E-state index in [0.29, 0.717) is 18.9 Å². The van der Waals surface area contributed by atoms with Gasteiger partial charge in [0, 0.05) is 13.1 Å². The van der Waals surface area contributed by atoms with Crippen LogP contribution in [-0.4, -0.2) is 37.9 Å². The van der Waals surface area contributed by atoms with E-state index in [1.807, 2.05) is 0 Å². The standard InChI is InChI=1S/C14H25NO3/c1-2-11-5-3-4-6-13(11)18-14(16)9-12-10-15-7-8-17-12/h11-13,15H,2-10H2,1H3. The molecule has 18 heavy (non-hydrogen) atoms. The van der Waals surface area contributed by atoms with Crippen LogP contribution in [0, 0.1) is 5.92 Å². The summed E-state index contributed by atoms with van der Waals surface area (Å²) in [6.07, 6.45) is 6.35. The first-order valence-corrected chi connectivity index (χ1v) is 7.31. The summed E-state index contributed by atoms with van der Waals surface area (Å²) >= 11 is 0. The van der Waals surface area contributed by atoms with E-state index >= 15 is 0 Å². The summed E-state index contributed by atoms with van der Waals surface area (Å²) in [5.41, 5.74) is 0. The van der Waals surface area contributed by atoms with Crippen molar-refractivity contribution >= 4 is 5.97 Å². The fourth-order valence-corrected chi connectivity index (χ4v) is 2.95. The van der Waals surface area contributed by atoms with Crippen LogP contribution < -0.4 is 5.32 Å². The Morgan fingerprint density at radius 3 is 2.94 bits per heavy atom. The Kier molecular flexibility index (Phi) is 5.45. The average Bonchev–Trinajstić information content (AvgIpc) is 2.40. The first-order chi connectivity index (χ1) is 8.79. The number of esters is 1. The van der Waals surface area contributed by atoms with Gasteiger partial charge in [0.15, 0.2) is 0 Å². The van der Waals surface area contributed by atoms with Crippen LogP contribution in [0.3, 0.4) is 0 Å². The van der Waals surface area contributed by atoms with E-state index in [-0.39, 0.29) is 18.2 Å². The van der Waals surface area contributed by atoms with Crippen LogP contribution in [-0.2, 0) is 14.3 Å². The van der Waals surface area contributed by atoms with Crippen molar-refractivity contribution in [3.63, 3.8) is 0 Å². The van der Waals surface area contributed by atoms with Gasteiger partial charge in [-0.15, -0.1) is 0 Å². The largest absolute Gasteiger partial charge is 0.462 e. The molecule has 2 rings (SSSR count). The summed E-state index contributed by atoms with van der Waals surface area (Å²) in [5, 5.41) is 3.23. The van der Waals surface area contributed by atoms with Crippen molar-refractivity contribution in [2.24, 2.45) is 5.92 Å². The van der Waals surface area contributed by atoms with Gasteiger partial charge in [-0.1, -0.05) is 13.3 Å². The van der Waals surface area contributed by atoms with Gasteiger partial charge in [-0.05, 0) is 31.6 Å². The number of carbonyl (C=O) groups is 1. The Bertz CT molecular complexity index is 264. The van der Waals surface area contributed by atoms with Crippen LogP contribution in [0.2, 0.25) is 0 Å². The zero-order chi connectivity index (χ0) is 12.8. The Morgan fingerprint density at radius 2 is 2.22 bits per heavy atom. The molecule has 0 aromatic carbocycles. The summed E-state index contributed by atoms with van der Waals surface area (Å²) in [6.45, 7) is 4.52. The lowest BCUT2D eigenvalue weighted by molar-refractivity contribution is -0.157. The maximum Gasteiger partial charge on any atom is 0.308 e. The average molecular weight is 255 g/mol. The molecule has 104 valence electrons. The highest BCUT2D eigenvalue weighted by Crippen LogP contribution is 2.29. The minimum absolute atomic E-state index is 0.00471. The molecule has 1 heterocycles. The van der Waals surface area contributed by atoms with E-state index in [2.05, 4.69) is 12.2 Å². The first-order valence-electron chi connectivity index (χ1n) is 7.31. The van der Waals surface area contributed by atoms with Gasteiger partial charge in [0.25, 0.3) is 0 Å². The normalized spacial score (nSPS) is 33.1. The molecule has 1 aliphatic carbocycles. The van der Waals surface area contributed by atoms with Gasteiger partial charge in [0.05, 0.1) is 19.1 Å². The molecule has 1 aliphatic heterocycles. The number of nitrogens with one attached hydrogen (secondary N) is 1. The minimum atomic E-state index is -0.0888. The van der Waals surface area contributed by atoms with Gasteiger partial charge in [-0.25, -0.2) is 0 Å². The molecule has 0 aromatic heterocycles. The Labute approximate surface area is 109 Å². The smallest absolute Gasteiger partial charge is 0.308 e. The molecule has 4 nitrogen and oxygen atoms in total. The third-order valence-corrected chi connectivity index (χ3v) is 4.05. The topological polar surface area (TPSA) is 47.6 Å². The third kappa shape index (κ3) is 3.95. The monoisotopic (exact) mass is 255 g/mol. The molecule has 4 heteroatoms. The molecule has 2 fully saturated rings. The summed E-state index contributed by atoms with van der Waals surface area (Å²) in [6, 6.07) is 0. The van der Waals surface area contributed by atoms with Crippen molar-refractivity contribution in [1.82, 2.24) is 5.32 Å². The number of hydrogen-bond donors (Lipinski definition) is 1. The molecular formula is C14H25NO3. The fraction of sp³-hybridized carbons (Fsp3) is 0.929. The van der Waals surface area contributed by atoms with Crippen LogP contribution in [0.5, 0.6) is 0 Å². The van der Waals surface area contributed by atoms with Crippen molar-refractivity contribution < 1.29 is 14.3 Å². The number of hydrogen-bond acceptors (Lipinski definition) is 4. The summed E-state index contributed by atoms with van der Waals surface area (Å²) in [5.74, 6) is 0.474. The van der Waals surface area contributed by atoms with Gasteiger partial charge in [0.1, 0.15) is 6.10 Å². The molecule has 3 unspecified atom stereocenters. The molecule has 3 atom stereocenters. The van der Waals surface area contributed by atoms with Gasteiger partial charge < -0.3 is 14.8 Å². The van der Waals surface area contributed by atoms with E-state index in [9.17, 15) is 4.79 Å². The van der Waals surface area contributed by atoms with Crippen LogP contribution in [0.25, 0.3) is 0 Å². The molecule has 0 amide bonds. The van der Waals surface area contributed by atoms with E-state index in [1.165, 1.54) is 19.3 Å². The second-order valence-electron chi connectivity index (χ2n) is 5.38. The van der Waals surface area contributed by atoms with Crippen molar-refractivity contribution in [2.45, 2.75) is 57.7 Å². The molecule has 1 N–H and O–H groups in total. The quantitative estimate of drug-likeness (QED) is 0.779. The number of morpholine rings is 1. The van der Waals surface area contributed by atoms with Crippen molar-refractivity contribution in [3.05, 3.63) is 0 Å². The van der Waals surface area contributed by atoms with E-state index in [4.69, 9.17) is 9.47 Å². The fourth-order valence-electron chi connectivity index (χ4n) is 2.95. The zero-order valence-corrected chi connectivity index (χ0v) is 11.3. The van der Waals surface area contributed by atoms with Crippen LogP contribution in [0.4, 0.5) is 0 Å². The highest BCUT2D eigenvalue weighted by molar-refractivity contribution is 5.70. The SMILES string of the molecule is CCC1CCCCC1OC(=O)CC1CNCCO1. The Morgan fingerprint density at radius 1 is 1.39 bits per heavy atom. The Hall–Kier alpha value is -0.610. The molecule has 0 spiro atoms. The van der Waals surface area contributed by atoms with Crippen LogP contribution in [0.15, 0.2) is 0 Å². The predicted molar refractivity (Wildman–Crippen MR) is 69.4 cm³/mol. The number of rotatable bonds is 4. The van der Waals surface area contributed by atoms with Crippen molar-refractivity contribution in [2.75, 3.05) is 19.7 Å². The van der Waals surface area contributed by atoms with Crippen molar-refractivity contribution in [3.8, 4) is 0 Å². The highest BCUT2D eigenvalue weighted by atomic mass is 16.5.